The Hall–Kier alpha value is -3.67. The van der Waals surface area contributed by atoms with Gasteiger partial charge in [-0.3, -0.25) is 24.0 Å². The first-order valence-electron chi connectivity index (χ1n) is 14.6. The minimum atomic E-state index is -1.56. The van der Waals surface area contributed by atoms with Crippen LogP contribution in [-0.2, 0) is 71.3 Å². The molecule has 3 aliphatic heterocycles. The Kier molecular flexibility index (Phi) is 12.0. The minimum Gasteiger partial charge on any atom is -0.463 e. The molecule has 1 amide bonds. The van der Waals surface area contributed by atoms with Crippen molar-refractivity contribution in [1.29, 1.82) is 0 Å². The van der Waals surface area contributed by atoms with Crippen molar-refractivity contribution in [1.82, 2.24) is 5.32 Å². The number of methoxy groups -OCH3 is 1. The number of benzene rings is 1. The van der Waals surface area contributed by atoms with E-state index in [2.05, 4.69) is 5.32 Å². The van der Waals surface area contributed by atoms with Gasteiger partial charge in [0.15, 0.2) is 37.2 Å². The lowest BCUT2D eigenvalue weighted by molar-refractivity contribution is -0.376. The molecule has 5 unspecified atom stereocenters. The summed E-state index contributed by atoms with van der Waals surface area (Å²) >= 11 is 0. The number of esters is 4. The molecule has 3 heterocycles. The summed E-state index contributed by atoms with van der Waals surface area (Å²) < 4.78 is 58.3. The highest BCUT2D eigenvalue weighted by molar-refractivity contribution is 5.73. The first-order chi connectivity index (χ1) is 21.9. The van der Waals surface area contributed by atoms with E-state index in [1.807, 2.05) is 30.3 Å². The highest BCUT2D eigenvalue weighted by atomic mass is 16.8. The van der Waals surface area contributed by atoms with Crippen molar-refractivity contribution in [3.63, 3.8) is 0 Å². The van der Waals surface area contributed by atoms with Gasteiger partial charge in [0.1, 0.15) is 37.1 Å². The van der Waals surface area contributed by atoms with Crippen LogP contribution in [0.4, 0.5) is 0 Å². The Morgan fingerprint density at radius 2 is 1.39 bits per heavy atom. The number of hydrogen-bond donors (Lipinski definition) is 1. The molecule has 3 fully saturated rings. The summed E-state index contributed by atoms with van der Waals surface area (Å²) in [6, 6.07) is 8.09. The Morgan fingerprint density at radius 3 is 1.98 bits per heavy atom. The summed E-state index contributed by atoms with van der Waals surface area (Å²) in [7, 11) is 1.38. The van der Waals surface area contributed by atoms with E-state index < -0.39 is 104 Å². The maximum Gasteiger partial charge on any atom is 0.303 e. The molecule has 16 nitrogen and oxygen atoms in total. The second kappa shape index (κ2) is 15.8. The summed E-state index contributed by atoms with van der Waals surface area (Å²) in [4.78, 5) is 60.9. The molecule has 4 rings (SSSR count). The molecule has 3 aliphatic rings. The smallest absolute Gasteiger partial charge is 0.303 e. The van der Waals surface area contributed by atoms with Crippen molar-refractivity contribution in [2.75, 3.05) is 20.3 Å². The van der Waals surface area contributed by atoms with Crippen molar-refractivity contribution in [2.45, 2.75) is 102 Å². The largest absolute Gasteiger partial charge is 0.463 e. The Morgan fingerprint density at radius 1 is 0.761 bits per heavy atom. The SMILES string of the molecule is CO[C@@H]1OC2COC(c3ccccc3)O[C@H]2C(O[C@@H]2OC(COC(C)=O)[C@H](OC(C)=O)C(OC(C)=O)[C@@H]2OC(C)=O)[C@@H]1NC(C)=O. The average Bonchev–Trinajstić information content (AvgIpc) is 2.99. The minimum absolute atomic E-state index is 0.0509. The van der Waals surface area contributed by atoms with Crippen LogP contribution in [0.5, 0.6) is 0 Å². The van der Waals surface area contributed by atoms with Gasteiger partial charge in [-0.1, -0.05) is 30.3 Å². The molecule has 254 valence electrons. The van der Waals surface area contributed by atoms with E-state index in [0.29, 0.717) is 5.56 Å². The lowest BCUT2D eigenvalue weighted by Gasteiger charge is -2.51. The number of ether oxygens (including phenoxy) is 10. The second-order valence-corrected chi connectivity index (χ2v) is 10.8. The summed E-state index contributed by atoms with van der Waals surface area (Å²) in [5, 5.41) is 2.77. The number of rotatable bonds is 10. The van der Waals surface area contributed by atoms with Crippen LogP contribution in [0.25, 0.3) is 0 Å². The van der Waals surface area contributed by atoms with Crippen molar-refractivity contribution in [3.8, 4) is 0 Å². The molecule has 0 saturated carbocycles. The number of carbonyl (C=O) groups excluding carboxylic acids is 5. The molecule has 0 bridgehead atoms. The predicted octanol–water partition coefficient (Wildman–Crippen LogP) is 0.445. The quantitative estimate of drug-likeness (QED) is 0.270. The third-order valence-corrected chi connectivity index (χ3v) is 7.25. The van der Waals surface area contributed by atoms with Crippen LogP contribution >= 0.6 is 0 Å². The zero-order chi connectivity index (χ0) is 33.5. The molecule has 1 aromatic carbocycles. The summed E-state index contributed by atoms with van der Waals surface area (Å²) in [6.07, 6.45) is -11.9. The number of carbonyl (C=O) groups is 5. The van der Waals surface area contributed by atoms with Crippen LogP contribution in [0.2, 0.25) is 0 Å². The van der Waals surface area contributed by atoms with Gasteiger partial charge in [-0.15, -0.1) is 0 Å². The average molecular weight is 654 g/mol. The monoisotopic (exact) mass is 653 g/mol. The second-order valence-electron chi connectivity index (χ2n) is 10.8. The van der Waals surface area contributed by atoms with Gasteiger partial charge < -0.3 is 52.7 Å². The van der Waals surface area contributed by atoms with Gasteiger partial charge in [0, 0.05) is 47.3 Å². The van der Waals surface area contributed by atoms with Gasteiger partial charge in [-0.2, -0.15) is 0 Å². The van der Waals surface area contributed by atoms with E-state index in [4.69, 9.17) is 47.4 Å². The van der Waals surface area contributed by atoms with E-state index in [1.54, 1.807) is 0 Å². The van der Waals surface area contributed by atoms with Crippen molar-refractivity contribution < 1.29 is 71.3 Å². The molecule has 0 aromatic heterocycles. The molecular formula is C30H39NO15. The molecular weight excluding hydrogens is 614 g/mol. The number of nitrogens with one attached hydrogen (secondary N) is 1. The first kappa shape index (κ1) is 35.2. The van der Waals surface area contributed by atoms with Gasteiger partial charge in [-0.25, -0.2) is 0 Å². The Bertz CT molecular complexity index is 1240. The fourth-order valence-electron chi connectivity index (χ4n) is 5.56. The standard InChI is InChI=1S/C30H39NO15/c1-14(32)31-22-25(23-21(43-29(22)37-6)13-39-28(45-23)19-10-8-7-9-11-19)46-30-27(42-18(5)36)26(41-17(4)35)24(40-16(3)34)20(44-30)12-38-15(2)33/h7-11,20-30H,12-13H2,1-6H3,(H,31,32)/t20?,21?,22-,23+,24-,25?,26?,27-,28?,29+,30-/m0/s1. The molecule has 46 heavy (non-hydrogen) atoms. The maximum absolute atomic E-state index is 12.4. The van der Waals surface area contributed by atoms with Crippen LogP contribution in [0.1, 0.15) is 46.5 Å². The van der Waals surface area contributed by atoms with E-state index in [0.717, 1.165) is 20.8 Å². The summed E-state index contributed by atoms with van der Waals surface area (Å²) in [5.41, 5.74) is 0.705. The Balaban J connectivity index is 1.76. The van der Waals surface area contributed by atoms with Crippen molar-refractivity contribution in [2.24, 2.45) is 0 Å². The van der Waals surface area contributed by atoms with Gasteiger partial charge >= 0.3 is 23.9 Å². The highest BCUT2D eigenvalue weighted by Gasteiger charge is 2.57. The van der Waals surface area contributed by atoms with Crippen LogP contribution in [0.15, 0.2) is 30.3 Å². The van der Waals surface area contributed by atoms with E-state index >= 15 is 0 Å². The summed E-state index contributed by atoms with van der Waals surface area (Å²) in [5.74, 6) is -3.49. The fourth-order valence-corrected chi connectivity index (χ4v) is 5.56. The fraction of sp³-hybridized carbons (Fsp3) is 0.633. The van der Waals surface area contributed by atoms with Crippen molar-refractivity contribution >= 4 is 29.8 Å². The van der Waals surface area contributed by atoms with Crippen molar-refractivity contribution in [3.05, 3.63) is 35.9 Å². The third kappa shape index (κ3) is 8.77. The molecule has 16 heteroatoms. The van der Waals surface area contributed by atoms with Gasteiger partial charge in [0.05, 0.1) is 6.61 Å². The molecule has 3 saturated heterocycles. The number of hydrogen-bond acceptors (Lipinski definition) is 15. The van der Waals surface area contributed by atoms with E-state index in [-0.39, 0.29) is 6.61 Å². The number of amides is 1. The normalized spacial score (nSPS) is 33.9. The lowest BCUT2D eigenvalue weighted by atomic mass is 9.94. The molecule has 1 N–H and O–H groups in total. The lowest BCUT2D eigenvalue weighted by Crippen LogP contribution is -2.70. The van der Waals surface area contributed by atoms with E-state index in [1.165, 1.54) is 21.0 Å². The van der Waals surface area contributed by atoms with E-state index in [9.17, 15) is 24.0 Å². The number of fused-ring (bicyclic) bond motifs is 1. The van der Waals surface area contributed by atoms with Crippen LogP contribution in [-0.4, -0.2) is 111 Å². The zero-order valence-electron chi connectivity index (χ0n) is 26.3. The maximum atomic E-state index is 12.4. The molecule has 0 radical (unpaired) electrons. The van der Waals surface area contributed by atoms with Crippen LogP contribution < -0.4 is 5.32 Å². The zero-order valence-corrected chi connectivity index (χ0v) is 26.3. The third-order valence-electron chi connectivity index (χ3n) is 7.25. The molecule has 0 spiro atoms. The van der Waals surface area contributed by atoms with Gasteiger partial charge in [0.25, 0.3) is 0 Å². The van der Waals surface area contributed by atoms with Crippen LogP contribution in [0.3, 0.4) is 0 Å². The Labute approximate surface area is 265 Å². The topological polar surface area (TPSA) is 190 Å². The van der Waals surface area contributed by atoms with Gasteiger partial charge in [-0.05, 0) is 0 Å². The first-order valence-corrected chi connectivity index (χ1v) is 14.6. The molecule has 0 aliphatic carbocycles. The van der Waals surface area contributed by atoms with Crippen LogP contribution in [0, 0.1) is 0 Å². The molecule has 1 aromatic rings. The molecule has 11 atom stereocenters. The summed E-state index contributed by atoms with van der Waals surface area (Å²) in [6.45, 7) is 5.41. The highest BCUT2D eigenvalue weighted by Crippen LogP contribution is 2.38. The van der Waals surface area contributed by atoms with Gasteiger partial charge in [0.2, 0.25) is 5.91 Å². The predicted molar refractivity (Wildman–Crippen MR) is 150 cm³/mol.